The van der Waals surface area contributed by atoms with Gasteiger partial charge in [-0.2, -0.15) is 0 Å². The van der Waals surface area contributed by atoms with Crippen LogP contribution in [0.4, 0.5) is 5.69 Å². The van der Waals surface area contributed by atoms with Crippen molar-refractivity contribution < 1.29 is 24.3 Å². The molecule has 1 aromatic carbocycles. The molecule has 25 heavy (non-hydrogen) atoms. The molecule has 1 aromatic rings. The van der Waals surface area contributed by atoms with Crippen LogP contribution in [0, 0.1) is 10.1 Å². The number of hydrogen-bond acceptors (Lipinski definition) is 6. The van der Waals surface area contributed by atoms with E-state index in [-0.39, 0.29) is 10.7 Å². The lowest BCUT2D eigenvalue weighted by molar-refractivity contribution is -0.384. The number of nitro groups is 1. The minimum absolute atomic E-state index is 0.00536. The van der Waals surface area contributed by atoms with Crippen LogP contribution in [0.25, 0.3) is 0 Å². The molecule has 0 radical (unpaired) electrons. The van der Waals surface area contributed by atoms with E-state index in [0.29, 0.717) is 12.0 Å². The summed E-state index contributed by atoms with van der Waals surface area (Å²) in [4.78, 5) is 10.3. The summed E-state index contributed by atoms with van der Waals surface area (Å²) in [5.74, 6) is 0. The van der Waals surface area contributed by atoms with Crippen molar-refractivity contribution in [3.63, 3.8) is 0 Å². The Kier molecular flexibility index (Phi) is 5.70. The number of nitrogens with zero attached hydrogens (tertiary/aromatic N) is 1. The Morgan fingerprint density at radius 1 is 1.24 bits per heavy atom. The minimum atomic E-state index is -2.13. The molecule has 4 atom stereocenters. The fraction of sp³-hybridized carbons (Fsp3) is 0.647. The van der Waals surface area contributed by atoms with Gasteiger partial charge in [0.05, 0.1) is 17.1 Å². The SMILES string of the molecule is CC(C)(C)[Si](C)(C)O[C@H]1C[C@@H](c2ccc([N+](=O)[O-])cc2)OC(O)[C@@H]1O. The molecule has 1 aliphatic rings. The highest BCUT2D eigenvalue weighted by atomic mass is 28.4. The Morgan fingerprint density at radius 2 is 1.80 bits per heavy atom. The molecule has 0 amide bonds. The lowest BCUT2D eigenvalue weighted by Crippen LogP contribution is -2.53. The average Bonchev–Trinajstić information content (AvgIpc) is 2.50. The molecule has 7 nitrogen and oxygen atoms in total. The predicted octanol–water partition coefficient (Wildman–Crippen LogP) is 3.13. The van der Waals surface area contributed by atoms with E-state index in [0.717, 1.165) is 0 Å². The predicted molar refractivity (Wildman–Crippen MR) is 95.6 cm³/mol. The molecule has 1 saturated heterocycles. The Balaban J connectivity index is 2.18. The monoisotopic (exact) mass is 369 g/mol. The summed E-state index contributed by atoms with van der Waals surface area (Å²) < 4.78 is 11.8. The third kappa shape index (κ3) is 4.45. The van der Waals surface area contributed by atoms with Gasteiger partial charge in [-0.3, -0.25) is 10.1 Å². The molecule has 2 rings (SSSR count). The van der Waals surface area contributed by atoms with Crippen molar-refractivity contribution in [2.24, 2.45) is 0 Å². The third-order valence-electron chi connectivity index (χ3n) is 5.15. The molecule has 0 bridgehead atoms. The molecule has 8 heteroatoms. The fourth-order valence-corrected chi connectivity index (χ4v) is 3.88. The largest absolute Gasteiger partial charge is 0.411 e. The fourth-order valence-electron chi connectivity index (χ4n) is 2.54. The molecule has 1 fully saturated rings. The van der Waals surface area contributed by atoms with Gasteiger partial charge in [-0.05, 0) is 35.8 Å². The van der Waals surface area contributed by atoms with Crippen LogP contribution in [-0.4, -0.2) is 42.0 Å². The Labute approximate surface area is 148 Å². The molecular formula is C17H27NO6Si. The molecule has 1 heterocycles. The van der Waals surface area contributed by atoms with Gasteiger partial charge in [-0.1, -0.05) is 20.8 Å². The number of nitro benzene ring substituents is 1. The second-order valence-corrected chi connectivity index (χ2v) is 12.8. The van der Waals surface area contributed by atoms with Gasteiger partial charge in [0.2, 0.25) is 0 Å². The standard InChI is InChI=1S/C17H27NO6Si/c1-17(2,3)25(4,5)24-14-10-13(23-16(20)15(14)19)11-6-8-12(9-7-11)18(21)22/h6-9,13-16,19-20H,10H2,1-5H3/t13-,14-,15+,16?/m0/s1. The first-order valence-electron chi connectivity index (χ1n) is 8.36. The third-order valence-corrected chi connectivity index (χ3v) is 9.66. The Morgan fingerprint density at radius 3 is 2.28 bits per heavy atom. The molecule has 140 valence electrons. The zero-order valence-corrected chi connectivity index (χ0v) is 16.3. The number of aliphatic hydroxyl groups excluding tert-OH is 2. The van der Waals surface area contributed by atoms with Crippen LogP contribution in [0.5, 0.6) is 0 Å². The van der Waals surface area contributed by atoms with Crippen LogP contribution in [0.15, 0.2) is 24.3 Å². The van der Waals surface area contributed by atoms with Crippen LogP contribution in [0.3, 0.4) is 0 Å². The quantitative estimate of drug-likeness (QED) is 0.480. The van der Waals surface area contributed by atoms with Crippen molar-refractivity contribution in [1.82, 2.24) is 0 Å². The lowest BCUT2D eigenvalue weighted by atomic mass is 9.97. The average molecular weight is 369 g/mol. The van der Waals surface area contributed by atoms with Crippen LogP contribution < -0.4 is 0 Å². The highest BCUT2D eigenvalue weighted by Crippen LogP contribution is 2.41. The van der Waals surface area contributed by atoms with Gasteiger partial charge in [-0.25, -0.2) is 0 Å². The van der Waals surface area contributed by atoms with E-state index in [1.807, 2.05) is 0 Å². The molecule has 0 spiro atoms. The molecule has 0 saturated carbocycles. The van der Waals surface area contributed by atoms with Crippen LogP contribution >= 0.6 is 0 Å². The molecule has 1 unspecified atom stereocenters. The van der Waals surface area contributed by atoms with E-state index in [4.69, 9.17) is 9.16 Å². The van der Waals surface area contributed by atoms with Crippen LogP contribution in [0.1, 0.15) is 38.9 Å². The molecule has 0 aromatic heterocycles. The van der Waals surface area contributed by atoms with Gasteiger partial charge in [0.25, 0.3) is 5.69 Å². The highest BCUT2D eigenvalue weighted by molar-refractivity contribution is 6.74. The van der Waals surface area contributed by atoms with Gasteiger partial charge in [-0.15, -0.1) is 0 Å². The number of non-ortho nitro benzene ring substituents is 1. The smallest absolute Gasteiger partial charge is 0.269 e. The Bertz CT molecular complexity index is 613. The van der Waals surface area contributed by atoms with Crippen molar-refractivity contribution in [2.75, 3.05) is 0 Å². The molecular weight excluding hydrogens is 342 g/mol. The van der Waals surface area contributed by atoms with Crippen molar-refractivity contribution in [3.05, 3.63) is 39.9 Å². The summed E-state index contributed by atoms with van der Waals surface area (Å²) in [5.41, 5.74) is 0.703. The maximum atomic E-state index is 10.8. The Hall–Kier alpha value is -1.32. The van der Waals surface area contributed by atoms with Gasteiger partial charge in [0.15, 0.2) is 14.6 Å². The highest BCUT2D eigenvalue weighted by Gasteiger charge is 2.45. The summed E-state index contributed by atoms with van der Waals surface area (Å²) in [6.07, 6.45) is -3.14. The van der Waals surface area contributed by atoms with Crippen LogP contribution in [0.2, 0.25) is 18.1 Å². The zero-order chi connectivity index (χ0) is 19.0. The van der Waals surface area contributed by atoms with Crippen molar-refractivity contribution in [2.45, 2.75) is 69.9 Å². The zero-order valence-electron chi connectivity index (χ0n) is 15.3. The number of benzene rings is 1. The lowest BCUT2D eigenvalue weighted by Gasteiger charge is -2.44. The minimum Gasteiger partial charge on any atom is -0.411 e. The first-order valence-corrected chi connectivity index (χ1v) is 11.3. The first kappa shape index (κ1) is 20.0. The van der Waals surface area contributed by atoms with Crippen molar-refractivity contribution >= 4 is 14.0 Å². The summed E-state index contributed by atoms with van der Waals surface area (Å²) in [7, 11) is -2.13. The van der Waals surface area contributed by atoms with Crippen molar-refractivity contribution in [1.29, 1.82) is 0 Å². The number of aliphatic hydroxyl groups is 2. The van der Waals surface area contributed by atoms with E-state index in [2.05, 4.69) is 33.9 Å². The summed E-state index contributed by atoms with van der Waals surface area (Å²) >= 11 is 0. The second-order valence-electron chi connectivity index (χ2n) is 8.01. The van der Waals surface area contributed by atoms with Gasteiger partial charge in [0.1, 0.15) is 6.10 Å². The summed E-state index contributed by atoms with van der Waals surface area (Å²) in [5, 5.41) is 31.1. The number of rotatable bonds is 4. The van der Waals surface area contributed by atoms with Gasteiger partial charge < -0.3 is 19.4 Å². The maximum absolute atomic E-state index is 10.8. The topological polar surface area (TPSA) is 102 Å². The van der Waals surface area contributed by atoms with Crippen LogP contribution in [-0.2, 0) is 9.16 Å². The van der Waals surface area contributed by atoms with E-state index in [1.54, 1.807) is 12.1 Å². The molecule has 2 N–H and O–H groups in total. The van der Waals surface area contributed by atoms with Crippen molar-refractivity contribution in [3.8, 4) is 0 Å². The van der Waals surface area contributed by atoms with Gasteiger partial charge in [0, 0.05) is 18.6 Å². The van der Waals surface area contributed by atoms with E-state index < -0.39 is 37.8 Å². The van der Waals surface area contributed by atoms with E-state index >= 15 is 0 Å². The molecule has 1 aliphatic heterocycles. The second kappa shape index (κ2) is 7.12. The molecule has 0 aliphatic carbocycles. The first-order chi connectivity index (χ1) is 11.4. The maximum Gasteiger partial charge on any atom is 0.269 e. The summed E-state index contributed by atoms with van der Waals surface area (Å²) in [6.45, 7) is 10.5. The number of ether oxygens (including phenoxy) is 1. The van der Waals surface area contributed by atoms with Gasteiger partial charge >= 0.3 is 0 Å². The summed E-state index contributed by atoms with van der Waals surface area (Å²) in [6, 6.07) is 6.02. The number of hydrogen-bond donors (Lipinski definition) is 2. The van der Waals surface area contributed by atoms with E-state index in [9.17, 15) is 20.3 Å². The van der Waals surface area contributed by atoms with E-state index in [1.165, 1.54) is 12.1 Å². The normalized spacial score (nSPS) is 28.0.